The summed E-state index contributed by atoms with van der Waals surface area (Å²) in [5.41, 5.74) is 0. The van der Waals surface area contributed by atoms with E-state index in [1.165, 1.54) is 0 Å². The first-order valence-electron chi connectivity index (χ1n) is 9.76. The normalized spacial score (nSPS) is 18.9. The molecule has 30 heavy (non-hydrogen) atoms. The number of carboxylic acid groups (broad SMARTS) is 2. The van der Waals surface area contributed by atoms with Crippen LogP contribution in [0.15, 0.2) is 0 Å². The molecule has 6 N–H and O–H groups in total. The Morgan fingerprint density at radius 3 is 2.13 bits per heavy atom. The molecule has 1 aliphatic rings. The number of aliphatic carboxylic acids is 2. The molecule has 1 fully saturated rings. The monoisotopic (exact) mass is 446 g/mol. The van der Waals surface area contributed by atoms with Gasteiger partial charge >= 0.3 is 11.9 Å². The molecule has 1 heterocycles. The maximum atomic E-state index is 12.6. The zero-order chi connectivity index (χ0) is 22.8. The number of carboxylic acids is 2. The Morgan fingerprint density at radius 2 is 1.67 bits per heavy atom. The van der Waals surface area contributed by atoms with Gasteiger partial charge in [0, 0.05) is 12.2 Å². The molecule has 0 spiro atoms. The Kier molecular flexibility index (Phi) is 10.6. The highest BCUT2D eigenvalue weighted by Gasteiger charge is 2.31. The summed E-state index contributed by atoms with van der Waals surface area (Å²) in [7, 11) is 0. The van der Waals surface area contributed by atoms with Crippen molar-refractivity contribution in [1.82, 2.24) is 21.3 Å². The van der Waals surface area contributed by atoms with Crippen LogP contribution in [-0.4, -0.2) is 76.3 Å². The minimum absolute atomic E-state index is 0.0404. The lowest BCUT2D eigenvalue weighted by atomic mass is 10.0. The summed E-state index contributed by atoms with van der Waals surface area (Å²) in [5, 5.41) is 28.5. The number of rotatable bonds is 12. The summed E-state index contributed by atoms with van der Waals surface area (Å²) in [5.74, 6) is -4.77. The second kappa shape index (κ2) is 12.4. The summed E-state index contributed by atoms with van der Waals surface area (Å²) in [6, 6.07) is -3.92. The Balaban J connectivity index is 2.83. The van der Waals surface area contributed by atoms with Gasteiger partial charge in [0.05, 0.1) is 6.04 Å². The van der Waals surface area contributed by atoms with E-state index < -0.39 is 60.3 Å². The van der Waals surface area contributed by atoms with Crippen LogP contribution in [0.25, 0.3) is 0 Å². The van der Waals surface area contributed by atoms with Gasteiger partial charge in [-0.2, -0.15) is 12.6 Å². The van der Waals surface area contributed by atoms with Crippen LogP contribution in [-0.2, 0) is 24.0 Å². The Labute approximate surface area is 180 Å². The van der Waals surface area contributed by atoms with Crippen molar-refractivity contribution >= 4 is 42.3 Å². The fourth-order valence-electron chi connectivity index (χ4n) is 2.95. The number of amides is 3. The summed E-state index contributed by atoms with van der Waals surface area (Å²) < 4.78 is 0. The molecule has 0 aromatic heterocycles. The molecule has 0 radical (unpaired) electrons. The molecule has 0 bridgehead atoms. The lowest BCUT2D eigenvalue weighted by Crippen LogP contribution is -2.58. The van der Waals surface area contributed by atoms with Crippen LogP contribution in [0.3, 0.4) is 0 Å². The summed E-state index contributed by atoms with van der Waals surface area (Å²) >= 11 is 4.07. The van der Waals surface area contributed by atoms with E-state index in [0.29, 0.717) is 13.0 Å². The molecule has 170 valence electrons. The van der Waals surface area contributed by atoms with Gasteiger partial charge in [-0.1, -0.05) is 13.8 Å². The van der Waals surface area contributed by atoms with E-state index >= 15 is 0 Å². The van der Waals surface area contributed by atoms with Crippen molar-refractivity contribution in [2.75, 3.05) is 12.3 Å². The van der Waals surface area contributed by atoms with Crippen molar-refractivity contribution in [3.05, 3.63) is 0 Å². The van der Waals surface area contributed by atoms with Crippen molar-refractivity contribution in [2.45, 2.75) is 63.7 Å². The third-order valence-corrected chi connectivity index (χ3v) is 5.07. The smallest absolute Gasteiger partial charge is 0.326 e. The van der Waals surface area contributed by atoms with Crippen LogP contribution in [0.5, 0.6) is 0 Å². The SMILES string of the molecule is CC(C)C(NC(=O)C(CCC(=O)O)NC(=O)C(CS)NC(=O)C1CCCN1)C(=O)O. The second-order valence-electron chi connectivity index (χ2n) is 7.45. The van der Waals surface area contributed by atoms with Gasteiger partial charge in [0.25, 0.3) is 0 Å². The van der Waals surface area contributed by atoms with Crippen LogP contribution >= 0.6 is 12.6 Å². The van der Waals surface area contributed by atoms with Gasteiger partial charge in [0.15, 0.2) is 0 Å². The molecule has 1 saturated heterocycles. The number of carbonyl (C=O) groups excluding carboxylic acids is 3. The zero-order valence-electron chi connectivity index (χ0n) is 17.0. The highest BCUT2D eigenvalue weighted by Crippen LogP contribution is 2.07. The van der Waals surface area contributed by atoms with Crippen LogP contribution < -0.4 is 21.3 Å². The third-order valence-electron chi connectivity index (χ3n) is 4.70. The van der Waals surface area contributed by atoms with Crippen LogP contribution in [0, 0.1) is 5.92 Å². The van der Waals surface area contributed by atoms with Crippen molar-refractivity contribution < 1.29 is 34.2 Å². The molecule has 1 rings (SSSR count). The van der Waals surface area contributed by atoms with Gasteiger partial charge in [0.2, 0.25) is 17.7 Å². The molecule has 11 nitrogen and oxygen atoms in total. The van der Waals surface area contributed by atoms with Gasteiger partial charge in [-0.3, -0.25) is 19.2 Å². The van der Waals surface area contributed by atoms with Gasteiger partial charge in [-0.05, 0) is 31.7 Å². The summed E-state index contributed by atoms with van der Waals surface area (Å²) in [6.45, 7) is 3.91. The van der Waals surface area contributed by atoms with Crippen LogP contribution in [0.1, 0.15) is 39.5 Å². The Hall–Kier alpha value is -2.34. The molecule has 4 atom stereocenters. The highest BCUT2D eigenvalue weighted by molar-refractivity contribution is 7.80. The van der Waals surface area contributed by atoms with Crippen molar-refractivity contribution in [3.8, 4) is 0 Å². The van der Waals surface area contributed by atoms with Crippen molar-refractivity contribution in [1.29, 1.82) is 0 Å². The number of nitrogens with one attached hydrogen (secondary N) is 4. The van der Waals surface area contributed by atoms with E-state index in [2.05, 4.69) is 33.9 Å². The average molecular weight is 447 g/mol. The fourth-order valence-corrected chi connectivity index (χ4v) is 3.21. The predicted octanol–water partition coefficient (Wildman–Crippen LogP) is -1.27. The maximum absolute atomic E-state index is 12.6. The van der Waals surface area contributed by atoms with Gasteiger partial charge in [-0.25, -0.2) is 4.79 Å². The number of thiol groups is 1. The largest absolute Gasteiger partial charge is 0.481 e. The molecule has 0 aliphatic carbocycles. The topological polar surface area (TPSA) is 174 Å². The molecular weight excluding hydrogens is 416 g/mol. The van der Waals surface area contributed by atoms with E-state index in [1.807, 2.05) is 0 Å². The maximum Gasteiger partial charge on any atom is 0.326 e. The quantitative estimate of drug-likeness (QED) is 0.182. The van der Waals surface area contributed by atoms with Gasteiger partial charge in [0.1, 0.15) is 18.1 Å². The molecule has 1 aliphatic heterocycles. The van der Waals surface area contributed by atoms with Crippen molar-refractivity contribution in [3.63, 3.8) is 0 Å². The molecular formula is C18H30N4O7S. The molecule has 0 aromatic carbocycles. The minimum atomic E-state index is -1.28. The zero-order valence-corrected chi connectivity index (χ0v) is 17.9. The number of hydrogen-bond acceptors (Lipinski definition) is 7. The lowest BCUT2D eigenvalue weighted by Gasteiger charge is -2.25. The molecule has 4 unspecified atom stereocenters. The molecule has 12 heteroatoms. The second-order valence-corrected chi connectivity index (χ2v) is 7.82. The van der Waals surface area contributed by atoms with Crippen molar-refractivity contribution in [2.24, 2.45) is 5.92 Å². The standard InChI is InChI=1S/C18H30N4O7S/c1-9(2)14(18(28)29)22-16(26)11(5-6-13(23)24)20-17(27)12(8-30)21-15(25)10-4-3-7-19-10/h9-12,14,19,30H,3-8H2,1-2H3,(H,20,27)(H,21,25)(H,22,26)(H,23,24)(H,28,29). The average Bonchev–Trinajstić information content (AvgIpc) is 3.20. The van der Waals surface area contributed by atoms with E-state index in [4.69, 9.17) is 5.11 Å². The van der Waals surface area contributed by atoms with Gasteiger partial charge in [-0.15, -0.1) is 0 Å². The third kappa shape index (κ3) is 8.19. The lowest BCUT2D eigenvalue weighted by molar-refractivity contribution is -0.144. The van der Waals surface area contributed by atoms with Crippen LogP contribution in [0.4, 0.5) is 0 Å². The molecule has 0 saturated carbocycles. The number of carbonyl (C=O) groups is 5. The first-order valence-corrected chi connectivity index (χ1v) is 10.4. The van der Waals surface area contributed by atoms with Crippen LogP contribution in [0.2, 0.25) is 0 Å². The first-order chi connectivity index (χ1) is 14.1. The van der Waals surface area contributed by atoms with E-state index in [1.54, 1.807) is 13.8 Å². The Bertz CT molecular complexity index is 652. The predicted molar refractivity (Wildman–Crippen MR) is 110 cm³/mol. The fraction of sp³-hybridized carbons (Fsp3) is 0.722. The summed E-state index contributed by atoms with van der Waals surface area (Å²) in [6.07, 6.45) is 0.826. The van der Waals surface area contributed by atoms with E-state index in [0.717, 1.165) is 6.42 Å². The number of hydrogen-bond donors (Lipinski definition) is 7. The first kappa shape index (κ1) is 25.7. The highest BCUT2D eigenvalue weighted by atomic mass is 32.1. The molecule has 0 aromatic rings. The summed E-state index contributed by atoms with van der Waals surface area (Å²) in [4.78, 5) is 59.6. The van der Waals surface area contributed by atoms with E-state index in [9.17, 15) is 29.1 Å². The Morgan fingerprint density at radius 1 is 1.03 bits per heavy atom. The molecule has 3 amide bonds. The van der Waals surface area contributed by atoms with Gasteiger partial charge < -0.3 is 31.5 Å². The van der Waals surface area contributed by atoms with E-state index in [-0.39, 0.29) is 18.1 Å². The minimum Gasteiger partial charge on any atom is -0.481 e.